The number of amides is 2. The van der Waals surface area contributed by atoms with E-state index >= 15 is 0 Å². The summed E-state index contributed by atoms with van der Waals surface area (Å²) in [6, 6.07) is 7.90. The summed E-state index contributed by atoms with van der Waals surface area (Å²) >= 11 is 0. The van der Waals surface area contributed by atoms with Crippen molar-refractivity contribution in [2.45, 2.75) is 31.7 Å². The van der Waals surface area contributed by atoms with Crippen LogP contribution in [0.5, 0.6) is 0 Å². The minimum atomic E-state index is -0.597. The van der Waals surface area contributed by atoms with Crippen LogP contribution in [0.15, 0.2) is 24.3 Å². The predicted octanol–water partition coefficient (Wildman–Crippen LogP) is 0.688. The fourth-order valence-electron chi connectivity index (χ4n) is 2.19. The van der Waals surface area contributed by atoms with Gasteiger partial charge in [0.2, 0.25) is 11.8 Å². The van der Waals surface area contributed by atoms with Gasteiger partial charge in [0.05, 0.1) is 18.8 Å². The molecule has 1 aliphatic heterocycles. The largest absolute Gasteiger partial charge is 0.377 e. The number of benzene rings is 1. The van der Waals surface area contributed by atoms with Crippen molar-refractivity contribution in [1.29, 1.82) is 0 Å². The molecule has 2 amide bonds. The molecule has 1 aromatic rings. The second-order valence-electron chi connectivity index (χ2n) is 5.43. The molecule has 0 unspecified atom stereocenters. The maximum atomic E-state index is 11.7. The van der Waals surface area contributed by atoms with Crippen LogP contribution < -0.4 is 11.1 Å². The topological polar surface area (TPSA) is 81.4 Å². The number of rotatable bonds is 5. The molecule has 5 nitrogen and oxygen atoms in total. The fourth-order valence-corrected chi connectivity index (χ4v) is 2.19. The number of hydrogen-bond acceptors (Lipinski definition) is 4. The summed E-state index contributed by atoms with van der Waals surface area (Å²) in [5.74, 6) is -0.590. The minimum absolute atomic E-state index is 0.128. The summed E-state index contributed by atoms with van der Waals surface area (Å²) in [6.07, 6.45) is 1.05. The van der Waals surface area contributed by atoms with Crippen molar-refractivity contribution in [1.82, 2.24) is 5.32 Å². The molecule has 0 spiro atoms. The molecule has 2 rings (SSSR count). The van der Waals surface area contributed by atoms with Crippen LogP contribution in [-0.4, -0.2) is 30.6 Å². The third kappa shape index (κ3) is 3.88. The summed E-state index contributed by atoms with van der Waals surface area (Å²) in [5, 5.41) is 2.38. The number of nitrogens with one attached hydrogen (secondary N) is 1. The maximum absolute atomic E-state index is 11.7. The number of aryl methyl sites for hydroxylation is 2. The number of ether oxygens (including phenoxy) is 1. The van der Waals surface area contributed by atoms with E-state index in [0.717, 1.165) is 11.1 Å². The molecule has 1 aliphatic rings. The first-order valence-electron chi connectivity index (χ1n) is 6.72. The van der Waals surface area contributed by atoms with Crippen molar-refractivity contribution < 1.29 is 14.3 Å². The molecule has 1 heterocycles. The lowest BCUT2D eigenvalue weighted by atomic mass is 9.94. The molecule has 3 N–H and O–H groups in total. The highest BCUT2D eigenvalue weighted by atomic mass is 16.5. The second kappa shape index (κ2) is 6.15. The van der Waals surface area contributed by atoms with Gasteiger partial charge in [-0.25, -0.2) is 0 Å². The van der Waals surface area contributed by atoms with Crippen LogP contribution in [-0.2, 0) is 20.7 Å². The van der Waals surface area contributed by atoms with Crippen LogP contribution in [0, 0.1) is 6.92 Å². The molecule has 1 fully saturated rings. The van der Waals surface area contributed by atoms with E-state index in [0.29, 0.717) is 26.1 Å². The molecule has 0 radical (unpaired) electrons. The van der Waals surface area contributed by atoms with Gasteiger partial charge in [0, 0.05) is 12.8 Å². The van der Waals surface area contributed by atoms with Gasteiger partial charge in [0.1, 0.15) is 0 Å². The molecule has 0 aliphatic carbocycles. The molecule has 1 aromatic carbocycles. The molecule has 1 saturated heterocycles. The lowest BCUT2D eigenvalue weighted by molar-refractivity contribution is -0.134. The molecule has 0 bridgehead atoms. The minimum Gasteiger partial charge on any atom is -0.377 e. The van der Waals surface area contributed by atoms with E-state index in [4.69, 9.17) is 10.5 Å². The van der Waals surface area contributed by atoms with E-state index in [1.807, 2.05) is 31.2 Å². The van der Waals surface area contributed by atoms with Crippen LogP contribution in [0.2, 0.25) is 0 Å². The van der Waals surface area contributed by atoms with Crippen LogP contribution in [0.4, 0.5) is 0 Å². The van der Waals surface area contributed by atoms with Gasteiger partial charge < -0.3 is 10.5 Å². The number of imide groups is 1. The van der Waals surface area contributed by atoms with Crippen molar-refractivity contribution in [2.75, 3.05) is 13.2 Å². The SMILES string of the molecule is Cc1ccccc1CCC(=O)NC(=O)CC1(N)COC1. The Morgan fingerprint density at radius 3 is 2.60 bits per heavy atom. The molecule has 0 atom stereocenters. The van der Waals surface area contributed by atoms with Crippen LogP contribution in [0.1, 0.15) is 24.0 Å². The molecular formula is C15H20N2O3. The van der Waals surface area contributed by atoms with Gasteiger partial charge in [0.15, 0.2) is 0 Å². The Morgan fingerprint density at radius 2 is 2.00 bits per heavy atom. The predicted molar refractivity (Wildman–Crippen MR) is 75.0 cm³/mol. The van der Waals surface area contributed by atoms with E-state index in [-0.39, 0.29) is 18.2 Å². The first-order chi connectivity index (χ1) is 9.48. The summed E-state index contributed by atoms with van der Waals surface area (Å²) in [4.78, 5) is 23.4. The van der Waals surface area contributed by atoms with E-state index in [1.54, 1.807) is 0 Å². The van der Waals surface area contributed by atoms with Crippen LogP contribution in [0.3, 0.4) is 0 Å². The average molecular weight is 276 g/mol. The highest BCUT2D eigenvalue weighted by Gasteiger charge is 2.36. The second-order valence-corrected chi connectivity index (χ2v) is 5.43. The zero-order chi connectivity index (χ0) is 14.6. The Kier molecular flexibility index (Phi) is 4.52. The monoisotopic (exact) mass is 276 g/mol. The fraction of sp³-hybridized carbons (Fsp3) is 0.467. The number of hydrogen-bond donors (Lipinski definition) is 2. The molecule has 0 aromatic heterocycles. The van der Waals surface area contributed by atoms with Crippen LogP contribution >= 0.6 is 0 Å². The van der Waals surface area contributed by atoms with Gasteiger partial charge in [-0.15, -0.1) is 0 Å². The summed E-state index contributed by atoms with van der Waals surface area (Å²) in [7, 11) is 0. The smallest absolute Gasteiger partial charge is 0.228 e. The zero-order valence-corrected chi connectivity index (χ0v) is 11.6. The first kappa shape index (κ1) is 14.7. The zero-order valence-electron chi connectivity index (χ0n) is 11.6. The number of carbonyl (C=O) groups is 2. The highest BCUT2D eigenvalue weighted by Crippen LogP contribution is 2.17. The Hall–Kier alpha value is -1.72. The summed E-state index contributed by atoms with van der Waals surface area (Å²) in [6.45, 7) is 2.75. The van der Waals surface area contributed by atoms with Crippen molar-refractivity contribution in [2.24, 2.45) is 5.73 Å². The standard InChI is InChI=1S/C15H20N2O3/c1-11-4-2-3-5-12(11)6-7-13(18)17-14(19)8-15(16)9-20-10-15/h2-5H,6-10,16H2,1H3,(H,17,18,19). The molecule has 20 heavy (non-hydrogen) atoms. The van der Waals surface area contributed by atoms with E-state index in [1.165, 1.54) is 0 Å². The van der Waals surface area contributed by atoms with E-state index < -0.39 is 5.54 Å². The number of nitrogens with two attached hydrogens (primary N) is 1. The van der Waals surface area contributed by atoms with Gasteiger partial charge in [-0.2, -0.15) is 0 Å². The van der Waals surface area contributed by atoms with Crippen molar-refractivity contribution in [3.63, 3.8) is 0 Å². The van der Waals surface area contributed by atoms with E-state index in [2.05, 4.69) is 5.32 Å². The third-order valence-corrected chi connectivity index (χ3v) is 3.45. The van der Waals surface area contributed by atoms with Gasteiger partial charge >= 0.3 is 0 Å². The number of carbonyl (C=O) groups excluding carboxylic acids is 2. The normalized spacial score (nSPS) is 16.3. The van der Waals surface area contributed by atoms with Gasteiger partial charge in [-0.05, 0) is 24.5 Å². The van der Waals surface area contributed by atoms with Gasteiger partial charge in [-0.1, -0.05) is 24.3 Å². The van der Waals surface area contributed by atoms with Crippen molar-refractivity contribution >= 4 is 11.8 Å². The maximum Gasteiger partial charge on any atom is 0.228 e. The Bertz CT molecular complexity index is 510. The van der Waals surface area contributed by atoms with Gasteiger partial charge in [-0.3, -0.25) is 14.9 Å². The van der Waals surface area contributed by atoms with Gasteiger partial charge in [0.25, 0.3) is 0 Å². The Labute approximate surface area is 118 Å². The van der Waals surface area contributed by atoms with Crippen molar-refractivity contribution in [3.8, 4) is 0 Å². The average Bonchev–Trinajstić information content (AvgIpc) is 2.35. The van der Waals surface area contributed by atoms with Crippen molar-refractivity contribution in [3.05, 3.63) is 35.4 Å². The molecule has 0 saturated carbocycles. The quantitative estimate of drug-likeness (QED) is 0.829. The van der Waals surface area contributed by atoms with Crippen LogP contribution in [0.25, 0.3) is 0 Å². The third-order valence-electron chi connectivity index (χ3n) is 3.45. The molecular weight excluding hydrogens is 256 g/mol. The molecule has 5 heteroatoms. The first-order valence-corrected chi connectivity index (χ1v) is 6.72. The summed E-state index contributed by atoms with van der Waals surface area (Å²) < 4.78 is 4.97. The Balaban J connectivity index is 1.75. The highest BCUT2D eigenvalue weighted by molar-refractivity contribution is 5.95. The lowest BCUT2D eigenvalue weighted by Crippen LogP contribution is -2.59. The Morgan fingerprint density at radius 1 is 1.30 bits per heavy atom. The lowest BCUT2D eigenvalue weighted by Gasteiger charge is -2.36. The van der Waals surface area contributed by atoms with E-state index in [9.17, 15) is 9.59 Å². The molecule has 108 valence electrons. The summed E-state index contributed by atoms with van der Waals surface area (Å²) in [5.41, 5.74) is 7.55.